The van der Waals surface area contributed by atoms with Crippen LogP contribution in [-0.2, 0) is 0 Å². The fourth-order valence-electron chi connectivity index (χ4n) is 2.25. The third-order valence-electron chi connectivity index (χ3n) is 3.13. The highest BCUT2D eigenvalue weighted by molar-refractivity contribution is 6.08. The predicted octanol–water partition coefficient (Wildman–Crippen LogP) is 3.04. The van der Waals surface area contributed by atoms with Gasteiger partial charge in [0.1, 0.15) is 0 Å². The van der Waals surface area contributed by atoms with E-state index < -0.39 is 5.97 Å². The molecule has 1 aromatic heterocycles. The molecule has 1 N–H and O–H groups in total. The number of carboxylic acid groups (broad SMARTS) is 1. The Labute approximate surface area is 105 Å². The largest absolute Gasteiger partial charge is 0.478 e. The molecule has 0 unspecified atom stereocenters. The molecule has 0 radical (unpaired) electrons. The highest BCUT2D eigenvalue weighted by Gasteiger charge is 2.19. The number of benzene rings is 1. The molecule has 4 heteroatoms. The van der Waals surface area contributed by atoms with Crippen molar-refractivity contribution in [1.29, 1.82) is 0 Å². The van der Waals surface area contributed by atoms with Crippen LogP contribution in [0, 0.1) is 6.92 Å². The van der Waals surface area contributed by atoms with Gasteiger partial charge in [0.15, 0.2) is 6.29 Å². The van der Waals surface area contributed by atoms with Crippen LogP contribution in [0.5, 0.6) is 0 Å². The maximum atomic E-state index is 11.4. The van der Waals surface area contributed by atoms with Crippen molar-refractivity contribution in [3.8, 4) is 0 Å². The van der Waals surface area contributed by atoms with Crippen LogP contribution in [0.3, 0.4) is 0 Å². The summed E-state index contributed by atoms with van der Waals surface area (Å²) in [6.45, 7) is 5.69. The monoisotopic (exact) mass is 245 g/mol. The predicted molar refractivity (Wildman–Crippen MR) is 69.4 cm³/mol. The van der Waals surface area contributed by atoms with Crippen molar-refractivity contribution in [2.24, 2.45) is 0 Å². The van der Waals surface area contributed by atoms with E-state index in [1.165, 1.54) is 0 Å². The van der Waals surface area contributed by atoms with E-state index in [9.17, 15) is 14.7 Å². The van der Waals surface area contributed by atoms with Crippen LogP contribution in [0.25, 0.3) is 10.9 Å². The molecule has 0 aliphatic heterocycles. The second-order valence-corrected chi connectivity index (χ2v) is 4.66. The van der Waals surface area contributed by atoms with Crippen LogP contribution >= 0.6 is 0 Å². The van der Waals surface area contributed by atoms with Crippen molar-refractivity contribution in [2.75, 3.05) is 0 Å². The van der Waals surface area contributed by atoms with E-state index in [-0.39, 0.29) is 11.6 Å². The van der Waals surface area contributed by atoms with E-state index in [0.29, 0.717) is 22.0 Å². The highest BCUT2D eigenvalue weighted by atomic mass is 16.4. The molecule has 0 spiro atoms. The lowest BCUT2D eigenvalue weighted by Gasteiger charge is -2.12. The third-order valence-corrected chi connectivity index (χ3v) is 3.13. The maximum Gasteiger partial charge on any atom is 0.338 e. The smallest absolute Gasteiger partial charge is 0.338 e. The van der Waals surface area contributed by atoms with Gasteiger partial charge in [0.05, 0.1) is 11.1 Å². The Morgan fingerprint density at radius 2 is 2.06 bits per heavy atom. The van der Waals surface area contributed by atoms with Crippen LogP contribution in [0.1, 0.15) is 46.2 Å². The lowest BCUT2D eigenvalue weighted by Crippen LogP contribution is -2.06. The molecule has 0 fully saturated rings. The number of hydrogen-bond acceptors (Lipinski definition) is 2. The van der Waals surface area contributed by atoms with E-state index in [1.54, 1.807) is 25.3 Å². The molecule has 0 bridgehead atoms. The van der Waals surface area contributed by atoms with Gasteiger partial charge in [-0.05, 0) is 26.3 Å². The number of aldehydes is 1. The van der Waals surface area contributed by atoms with Crippen molar-refractivity contribution >= 4 is 23.2 Å². The fraction of sp³-hybridized carbons (Fsp3) is 0.286. The van der Waals surface area contributed by atoms with Crippen LogP contribution < -0.4 is 0 Å². The van der Waals surface area contributed by atoms with Crippen LogP contribution in [0.2, 0.25) is 0 Å². The van der Waals surface area contributed by atoms with E-state index in [4.69, 9.17) is 0 Å². The number of fused-ring (bicyclic) bond motifs is 1. The number of aromatic carboxylic acids is 1. The van der Waals surface area contributed by atoms with Crippen molar-refractivity contribution in [2.45, 2.75) is 26.8 Å². The van der Waals surface area contributed by atoms with Gasteiger partial charge in [-0.1, -0.05) is 12.1 Å². The zero-order valence-corrected chi connectivity index (χ0v) is 10.6. The zero-order chi connectivity index (χ0) is 13.4. The van der Waals surface area contributed by atoms with E-state index in [0.717, 1.165) is 6.29 Å². The van der Waals surface area contributed by atoms with Crippen molar-refractivity contribution in [1.82, 2.24) is 4.57 Å². The Kier molecular flexibility index (Phi) is 2.95. The van der Waals surface area contributed by atoms with Gasteiger partial charge in [0.25, 0.3) is 0 Å². The molecule has 0 saturated heterocycles. The molecule has 1 heterocycles. The molecule has 18 heavy (non-hydrogen) atoms. The molecule has 94 valence electrons. The van der Waals surface area contributed by atoms with Gasteiger partial charge in [0.2, 0.25) is 0 Å². The Bertz CT molecular complexity index is 638. The first kappa shape index (κ1) is 12.4. The van der Waals surface area contributed by atoms with Crippen molar-refractivity contribution in [3.63, 3.8) is 0 Å². The van der Waals surface area contributed by atoms with Crippen molar-refractivity contribution < 1.29 is 14.7 Å². The molecule has 1 aromatic carbocycles. The fourth-order valence-corrected chi connectivity index (χ4v) is 2.25. The molecule has 0 amide bonds. The lowest BCUT2D eigenvalue weighted by atomic mass is 10.0. The van der Waals surface area contributed by atoms with Crippen LogP contribution in [0.15, 0.2) is 18.3 Å². The highest BCUT2D eigenvalue weighted by Crippen LogP contribution is 2.29. The number of nitrogens with zero attached hydrogens (tertiary/aromatic N) is 1. The molecule has 0 saturated carbocycles. The van der Waals surface area contributed by atoms with Crippen LogP contribution in [-0.4, -0.2) is 21.9 Å². The third kappa shape index (κ3) is 1.70. The topological polar surface area (TPSA) is 59.3 Å². The summed E-state index contributed by atoms with van der Waals surface area (Å²) >= 11 is 0. The van der Waals surface area contributed by atoms with Gasteiger partial charge < -0.3 is 9.67 Å². The molecule has 2 aromatic rings. The second kappa shape index (κ2) is 4.29. The number of carbonyl (C=O) groups excluding carboxylic acids is 1. The Balaban J connectivity index is 2.98. The first-order chi connectivity index (χ1) is 8.47. The number of aryl methyl sites for hydroxylation is 1. The van der Waals surface area contributed by atoms with Gasteiger partial charge in [-0.15, -0.1) is 0 Å². The Morgan fingerprint density at radius 1 is 1.39 bits per heavy atom. The summed E-state index contributed by atoms with van der Waals surface area (Å²) < 4.78 is 1.84. The lowest BCUT2D eigenvalue weighted by molar-refractivity contribution is 0.0697. The average molecular weight is 245 g/mol. The van der Waals surface area contributed by atoms with Gasteiger partial charge >= 0.3 is 5.97 Å². The van der Waals surface area contributed by atoms with Crippen LogP contribution in [0.4, 0.5) is 0 Å². The van der Waals surface area contributed by atoms with Gasteiger partial charge in [-0.2, -0.15) is 0 Å². The minimum Gasteiger partial charge on any atom is -0.478 e. The van der Waals surface area contributed by atoms with Gasteiger partial charge in [0, 0.05) is 23.2 Å². The van der Waals surface area contributed by atoms with Gasteiger partial charge in [-0.25, -0.2) is 4.79 Å². The first-order valence-electron chi connectivity index (χ1n) is 5.80. The van der Waals surface area contributed by atoms with Gasteiger partial charge in [-0.3, -0.25) is 4.79 Å². The first-order valence-corrected chi connectivity index (χ1v) is 5.80. The molecule has 2 rings (SSSR count). The number of carboxylic acids is 1. The molecule has 0 atom stereocenters. The summed E-state index contributed by atoms with van der Waals surface area (Å²) in [5, 5.41) is 10.0. The summed E-state index contributed by atoms with van der Waals surface area (Å²) in [4.78, 5) is 22.5. The second-order valence-electron chi connectivity index (χ2n) is 4.66. The van der Waals surface area contributed by atoms with E-state index in [2.05, 4.69) is 0 Å². The molecular weight excluding hydrogens is 230 g/mol. The number of aromatic nitrogens is 1. The Hall–Kier alpha value is -2.10. The normalized spacial score (nSPS) is 11.1. The Morgan fingerprint density at radius 3 is 2.56 bits per heavy atom. The standard InChI is InChI=1S/C14H15NO3/c1-8(2)15-6-10(7-16)11-5-4-9(3)12(13(11)15)14(17)18/h4-8H,1-3H3,(H,17,18). The number of rotatable bonds is 3. The van der Waals surface area contributed by atoms with E-state index >= 15 is 0 Å². The number of hydrogen-bond donors (Lipinski definition) is 1. The molecule has 0 aliphatic carbocycles. The summed E-state index contributed by atoms with van der Waals surface area (Å²) in [5.74, 6) is -0.962. The molecule has 0 aliphatic rings. The zero-order valence-electron chi connectivity index (χ0n) is 10.6. The average Bonchev–Trinajstić information content (AvgIpc) is 2.66. The summed E-state index contributed by atoms with van der Waals surface area (Å²) in [5.41, 5.74) is 2.13. The minimum atomic E-state index is -0.962. The van der Waals surface area contributed by atoms with Crippen molar-refractivity contribution in [3.05, 3.63) is 35.0 Å². The summed E-state index contributed by atoms with van der Waals surface area (Å²) in [6, 6.07) is 3.64. The van der Waals surface area contributed by atoms with E-state index in [1.807, 2.05) is 18.4 Å². The number of carbonyl (C=O) groups is 2. The molecular formula is C14H15NO3. The maximum absolute atomic E-state index is 11.4. The summed E-state index contributed by atoms with van der Waals surface area (Å²) in [6.07, 6.45) is 2.48. The minimum absolute atomic E-state index is 0.0982. The summed E-state index contributed by atoms with van der Waals surface area (Å²) in [7, 11) is 0. The quantitative estimate of drug-likeness (QED) is 0.845. The molecule has 4 nitrogen and oxygen atoms in total. The SMILES string of the molecule is Cc1ccc2c(C=O)cn(C(C)C)c2c1C(=O)O.